The average Bonchev–Trinajstić information content (AvgIpc) is 2.99. The van der Waals surface area contributed by atoms with Crippen molar-refractivity contribution in [3.63, 3.8) is 0 Å². The zero-order valence-electron chi connectivity index (χ0n) is 11.1. The highest BCUT2D eigenvalue weighted by molar-refractivity contribution is 7.91. The number of carbonyl (C=O) groups excluding carboxylic acids is 1. The fourth-order valence-electron chi connectivity index (χ4n) is 2.86. The minimum absolute atomic E-state index is 0.0505. The lowest BCUT2D eigenvalue weighted by atomic mass is 10.1. The number of nitrogens with one attached hydrogen (secondary N) is 2. The molecule has 0 bridgehead atoms. The molecule has 1 aromatic carbocycles. The van der Waals surface area contributed by atoms with Gasteiger partial charge in [-0.3, -0.25) is 4.79 Å². The van der Waals surface area contributed by atoms with E-state index in [1.165, 1.54) is 0 Å². The number of benzene rings is 1. The summed E-state index contributed by atoms with van der Waals surface area (Å²) in [7, 11) is -2.87. The van der Waals surface area contributed by atoms with Crippen molar-refractivity contribution in [2.75, 3.05) is 23.4 Å². The van der Waals surface area contributed by atoms with Crippen LogP contribution in [0.2, 0.25) is 0 Å². The molecule has 2 N–H and O–H groups in total. The maximum absolute atomic E-state index is 12.1. The zero-order valence-corrected chi connectivity index (χ0v) is 11.9. The standard InChI is InChI=1S/C14H18N2O3S/c17-14(15-8-10-5-6-20(18,19)9-10)13-7-11-3-1-2-4-12(11)16-13/h1-4,10,13,16H,5-9H2,(H,15,17)/t10?,13-/m0/s1. The van der Waals surface area contributed by atoms with E-state index in [2.05, 4.69) is 10.6 Å². The Bertz CT molecular complexity index is 602. The maximum atomic E-state index is 12.1. The lowest BCUT2D eigenvalue weighted by molar-refractivity contribution is -0.121. The monoisotopic (exact) mass is 294 g/mol. The molecular formula is C14H18N2O3S. The van der Waals surface area contributed by atoms with Gasteiger partial charge in [0.05, 0.1) is 11.5 Å². The van der Waals surface area contributed by atoms with Crippen LogP contribution in [0.15, 0.2) is 24.3 Å². The number of fused-ring (bicyclic) bond motifs is 1. The Hall–Kier alpha value is -1.56. The molecule has 0 aliphatic carbocycles. The van der Waals surface area contributed by atoms with E-state index in [-0.39, 0.29) is 29.4 Å². The maximum Gasteiger partial charge on any atom is 0.242 e. The lowest BCUT2D eigenvalue weighted by Crippen LogP contribution is -2.40. The molecule has 0 saturated carbocycles. The molecule has 2 aliphatic heterocycles. The Balaban J connectivity index is 1.52. The third-order valence-corrected chi connectivity index (χ3v) is 5.82. The number of anilines is 1. The van der Waals surface area contributed by atoms with Crippen molar-refractivity contribution in [3.05, 3.63) is 29.8 Å². The first kappa shape index (κ1) is 13.4. The summed E-state index contributed by atoms with van der Waals surface area (Å²) in [6.45, 7) is 0.451. The van der Waals surface area contributed by atoms with Crippen molar-refractivity contribution in [1.82, 2.24) is 5.32 Å². The zero-order chi connectivity index (χ0) is 14.2. The van der Waals surface area contributed by atoms with Gasteiger partial charge in [0.25, 0.3) is 0 Å². The summed E-state index contributed by atoms with van der Waals surface area (Å²) in [5, 5.41) is 6.07. The first-order valence-corrected chi connectivity index (χ1v) is 8.68. The van der Waals surface area contributed by atoms with Gasteiger partial charge in [-0.05, 0) is 24.0 Å². The summed E-state index contributed by atoms with van der Waals surface area (Å²) >= 11 is 0. The van der Waals surface area contributed by atoms with E-state index in [1.807, 2.05) is 24.3 Å². The van der Waals surface area contributed by atoms with Gasteiger partial charge in [0, 0.05) is 18.7 Å². The Kier molecular flexibility index (Phi) is 3.41. The quantitative estimate of drug-likeness (QED) is 0.855. The molecule has 5 nitrogen and oxygen atoms in total. The molecule has 1 amide bonds. The van der Waals surface area contributed by atoms with Crippen molar-refractivity contribution in [2.24, 2.45) is 5.92 Å². The van der Waals surface area contributed by atoms with Crippen LogP contribution in [-0.2, 0) is 21.1 Å². The Morgan fingerprint density at radius 3 is 2.85 bits per heavy atom. The Labute approximate surface area is 118 Å². The van der Waals surface area contributed by atoms with Crippen LogP contribution in [0.1, 0.15) is 12.0 Å². The molecule has 20 heavy (non-hydrogen) atoms. The molecule has 2 aliphatic rings. The first-order valence-electron chi connectivity index (χ1n) is 6.86. The fraction of sp³-hybridized carbons (Fsp3) is 0.500. The Morgan fingerprint density at radius 2 is 2.15 bits per heavy atom. The van der Waals surface area contributed by atoms with Crippen LogP contribution in [0.5, 0.6) is 0 Å². The van der Waals surface area contributed by atoms with E-state index >= 15 is 0 Å². The van der Waals surface area contributed by atoms with E-state index in [9.17, 15) is 13.2 Å². The van der Waals surface area contributed by atoms with Crippen molar-refractivity contribution < 1.29 is 13.2 Å². The smallest absolute Gasteiger partial charge is 0.242 e. The third-order valence-electron chi connectivity index (χ3n) is 3.98. The van der Waals surface area contributed by atoms with Crippen LogP contribution >= 0.6 is 0 Å². The van der Waals surface area contributed by atoms with E-state index in [0.717, 1.165) is 11.3 Å². The summed E-state index contributed by atoms with van der Waals surface area (Å²) in [6.07, 6.45) is 1.34. The summed E-state index contributed by atoms with van der Waals surface area (Å²) in [4.78, 5) is 12.1. The molecule has 0 radical (unpaired) electrons. The van der Waals surface area contributed by atoms with E-state index in [4.69, 9.17) is 0 Å². The van der Waals surface area contributed by atoms with Crippen LogP contribution < -0.4 is 10.6 Å². The topological polar surface area (TPSA) is 75.3 Å². The van der Waals surface area contributed by atoms with Gasteiger partial charge in [0.1, 0.15) is 6.04 Å². The van der Waals surface area contributed by atoms with Gasteiger partial charge in [-0.1, -0.05) is 18.2 Å². The average molecular weight is 294 g/mol. The second-order valence-corrected chi connectivity index (χ2v) is 7.80. The minimum atomic E-state index is -2.87. The van der Waals surface area contributed by atoms with Crippen LogP contribution in [0.3, 0.4) is 0 Å². The molecule has 2 atom stereocenters. The van der Waals surface area contributed by atoms with Gasteiger partial charge in [0.15, 0.2) is 9.84 Å². The summed E-state index contributed by atoms with van der Waals surface area (Å²) in [5.41, 5.74) is 2.16. The molecule has 6 heteroatoms. The number of hydrogen-bond acceptors (Lipinski definition) is 4. The summed E-state index contributed by atoms with van der Waals surface area (Å²) in [5.74, 6) is 0.463. The SMILES string of the molecule is O=C(NCC1CCS(=O)(=O)C1)[C@@H]1Cc2ccccc2N1. The lowest BCUT2D eigenvalue weighted by Gasteiger charge is -2.14. The summed E-state index contributed by atoms with van der Waals surface area (Å²) < 4.78 is 22.7. The molecule has 1 unspecified atom stereocenters. The number of sulfone groups is 1. The number of carbonyl (C=O) groups is 1. The Morgan fingerprint density at radius 1 is 1.35 bits per heavy atom. The van der Waals surface area contributed by atoms with Gasteiger partial charge in [-0.15, -0.1) is 0 Å². The van der Waals surface area contributed by atoms with Crippen molar-refractivity contribution in [1.29, 1.82) is 0 Å². The number of hydrogen-bond donors (Lipinski definition) is 2. The molecule has 0 aromatic heterocycles. The molecule has 3 rings (SSSR count). The predicted molar refractivity (Wildman–Crippen MR) is 77.3 cm³/mol. The second-order valence-electron chi connectivity index (χ2n) is 5.57. The third kappa shape index (κ3) is 2.80. The van der Waals surface area contributed by atoms with Crippen LogP contribution in [0.4, 0.5) is 5.69 Å². The minimum Gasteiger partial charge on any atom is -0.373 e. The molecule has 2 heterocycles. The van der Waals surface area contributed by atoms with Crippen LogP contribution in [-0.4, -0.2) is 38.4 Å². The fourth-order valence-corrected chi connectivity index (χ4v) is 4.72. The number of para-hydroxylation sites is 1. The van der Waals surface area contributed by atoms with Gasteiger partial charge >= 0.3 is 0 Å². The molecule has 1 saturated heterocycles. The van der Waals surface area contributed by atoms with E-state index in [0.29, 0.717) is 19.4 Å². The normalized spacial score (nSPS) is 26.8. The highest BCUT2D eigenvalue weighted by atomic mass is 32.2. The summed E-state index contributed by atoms with van der Waals surface area (Å²) in [6, 6.07) is 7.63. The molecule has 0 spiro atoms. The van der Waals surface area contributed by atoms with Gasteiger partial charge in [-0.2, -0.15) is 0 Å². The molecular weight excluding hydrogens is 276 g/mol. The second kappa shape index (κ2) is 5.09. The van der Waals surface area contributed by atoms with E-state index in [1.54, 1.807) is 0 Å². The van der Waals surface area contributed by atoms with E-state index < -0.39 is 9.84 Å². The predicted octanol–water partition coefficient (Wildman–Crippen LogP) is 0.574. The van der Waals surface area contributed by atoms with Crippen molar-refractivity contribution >= 4 is 21.4 Å². The van der Waals surface area contributed by atoms with Gasteiger partial charge < -0.3 is 10.6 Å². The highest BCUT2D eigenvalue weighted by Gasteiger charge is 2.30. The van der Waals surface area contributed by atoms with Crippen molar-refractivity contribution in [3.8, 4) is 0 Å². The molecule has 108 valence electrons. The first-order chi connectivity index (χ1) is 9.53. The van der Waals surface area contributed by atoms with Crippen LogP contribution in [0, 0.1) is 5.92 Å². The van der Waals surface area contributed by atoms with Gasteiger partial charge in [-0.25, -0.2) is 8.42 Å². The number of amides is 1. The number of rotatable bonds is 3. The highest BCUT2D eigenvalue weighted by Crippen LogP contribution is 2.25. The van der Waals surface area contributed by atoms with Crippen LogP contribution in [0.25, 0.3) is 0 Å². The molecule has 1 aromatic rings. The van der Waals surface area contributed by atoms with Gasteiger partial charge in [0.2, 0.25) is 5.91 Å². The largest absolute Gasteiger partial charge is 0.373 e. The molecule has 1 fully saturated rings. The van der Waals surface area contributed by atoms with Crippen molar-refractivity contribution in [2.45, 2.75) is 18.9 Å².